The highest BCUT2D eigenvalue weighted by molar-refractivity contribution is 5.95. The van der Waals surface area contributed by atoms with Crippen molar-refractivity contribution in [3.05, 3.63) is 102 Å². The van der Waals surface area contributed by atoms with Crippen LogP contribution in [0.25, 0.3) is 0 Å². The first-order valence-electron chi connectivity index (χ1n) is 12.9. The van der Waals surface area contributed by atoms with Gasteiger partial charge in [-0.15, -0.1) is 0 Å². The summed E-state index contributed by atoms with van der Waals surface area (Å²) in [5.41, 5.74) is 2.50. The van der Waals surface area contributed by atoms with Gasteiger partial charge < -0.3 is 10.1 Å². The molecular weight excluding hydrogens is 434 g/mol. The molecule has 4 rings (SSSR count). The third-order valence-electron chi connectivity index (χ3n) is 6.88. The van der Waals surface area contributed by atoms with E-state index in [9.17, 15) is 9.59 Å². The summed E-state index contributed by atoms with van der Waals surface area (Å²) in [7, 11) is 0. The van der Waals surface area contributed by atoms with Gasteiger partial charge in [0.15, 0.2) is 11.8 Å². The number of nitrogens with one attached hydrogen (secondary N) is 1. The molecule has 0 unspecified atom stereocenters. The van der Waals surface area contributed by atoms with Gasteiger partial charge in [0.25, 0.3) is 0 Å². The van der Waals surface area contributed by atoms with Crippen LogP contribution >= 0.6 is 0 Å². The van der Waals surface area contributed by atoms with E-state index < -0.39 is 6.04 Å². The largest absolute Gasteiger partial charge is 0.460 e. The summed E-state index contributed by atoms with van der Waals surface area (Å²) in [6, 6.07) is 28.3. The number of carbonyl (C=O) groups excluding carboxylic acids is 2. The lowest BCUT2D eigenvalue weighted by molar-refractivity contribution is -0.154. The number of hydrogen-bond donors (Lipinski definition) is 1. The highest BCUT2D eigenvalue weighted by Gasteiger charge is 2.30. The van der Waals surface area contributed by atoms with Crippen LogP contribution in [-0.4, -0.2) is 17.9 Å². The van der Waals surface area contributed by atoms with Gasteiger partial charge in [0.1, 0.15) is 6.10 Å². The molecule has 1 N–H and O–H groups in total. The van der Waals surface area contributed by atoms with Crippen LogP contribution in [-0.2, 0) is 9.53 Å². The van der Waals surface area contributed by atoms with E-state index in [0.717, 1.165) is 29.7 Å². The van der Waals surface area contributed by atoms with Crippen LogP contribution in [0.2, 0.25) is 0 Å². The summed E-state index contributed by atoms with van der Waals surface area (Å²) in [4.78, 5) is 26.2. The molecule has 1 fully saturated rings. The molecule has 0 aliphatic heterocycles. The topological polar surface area (TPSA) is 55.4 Å². The Labute approximate surface area is 208 Å². The molecular formula is C31H35NO3. The zero-order valence-electron chi connectivity index (χ0n) is 20.3. The second-order valence-corrected chi connectivity index (χ2v) is 9.41. The molecule has 0 aromatic heterocycles. The van der Waals surface area contributed by atoms with E-state index in [1.807, 2.05) is 91.0 Å². The van der Waals surface area contributed by atoms with Crippen LogP contribution in [0.5, 0.6) is 0 Å². The third-order valence-corrected chi connectivity index (χ3v) is 6.88. The lowest BCUT2D eigenvalue weighted by atomic mass is 9.83. The van der Waals surface area contributed by atoms with E-state index in [2.05, 4.69) is 5.32 Å². The van der Waals surface area contributed by atoms with Crippen molar-refractivity contribution in [3.63, 3.8) is 0 Å². The molecule has 4 nitrogen and oxygen atoms in total. The Bertz CT molecular complexity index is 1050. The average molecular weight is 470 g/mol. The fourth-order valence-electron chi connectivity index (χ4n) is 4.97. The Balaban J connectivity index is 1.45. The normalized spacial score (nSPS) is 15.7. The number of para-hydroxylation sites is 1. The van der Waals surface area contributed by atoms with Crippen LogP contribution in [0.3, 0.4) is 0 Å². The number of benzene rings is 3. The van der Waals surface area contributed by atoms with E-state index in [0.29, 0.717) is 25.2 Å². The van der Waals surface area contributed by atoms with Crippen LogP contribution in [0.1, 0.15) is 73.3 Å². The third kappa shape index (κ3) is 7.29. The molecule has 2 atom stereocenters. The fourth-order valence-corrected chi connectivity index (χ4v) is 4.97. The van der Waals surface area contributed by atoms with Gasteiger partial charge in [-0.1, -0.05) is 98.1 Å². The first-order valence-corrected chi connectivity index (χ1v) is 12.9. The minimum absolute atomic E-state index is 0.146. The van der Waals surface area contributed by atoms with Crippen molar-refractivity contribution >= 4 is 17.4 Å². The Hall–Kier alpha value is -3.40. The number of ketones is 1. The molecule has 4 heteroatoms. The summed E-state index contributed by atoms with van der Waals surface area (Å²) in [5, 5.41) is 3.37. The molecule has 3 aromatic rings. The van der Waals surface area contributed by atoms with E-state index in [-0.39, 0.29) is 17.9 Å². The van der Waals surface area contributed by atoms with E-state index in [1.54, 1.807) is 0 Å². The highest BCUT2D eigenvalue weighted by atomic mass is 16.5. The number of carbonyl (C=O) groups is 2. The maximum Gasteiger partial charge on any atom is 0.333 e. The molecule has 0 bridgehead atoms. The SMILES string of the molecule is O=C(CCC[C@H](OC(=O)[C@H](Nc1ccccc1)c1ccccc1)C1CCCCC1)c1ccccc1. The molecule has 0 radical (unpaired) electrons. The Morgan fingerprint density at radius 3 is 2.06 bits per heavy atom. The van der Waals surface area contributed by atoms with Crippen LogP contribution in [0.15, 0.2) is 91.0 Å². The summed E-state index contributed by atoms with van der Waals surface area (Å²) >= 11 is 0. The van der Waals surface area contributed by atoms with E-state index >= 15 is 0 Å². The van der Waals surface area contributed by atoms with Crippen molar-refractivity contribution < 1.29 is 14.3 Å². The van der Waals surface area contributed by atoms with Crippen molar-refractivity contribution in [2.75, 3.05) is 5.32 Å². The summed E-state index contributed by atoms with van der Waals surface area (Å²) in [6.07, 6.45) is 7.46. The zero-order chi connectivity index (χ0) is 24.3. The van der Waals surface area contributed by atoms with Gasteiger partial charge in [0.2, 0.25) is 0 Å². The molecule has 1 saturated carbocycles. The minimum Gasteiger partial charge on any atom is -0.460 e. The Kier molecular flexibility index (Phi) is 9.11. The zero-order valence-corrected chi connectivity index (χ0v) is 20.3. The minimum atomic E-state index is -0.587. The number of anilines is 1. The van der Waals surface area contributed by atoms with Gasteiger partial charge in [-0.2, -0.15) is 0 Å². The molecule has 3 aromatic carbocycles. The second-order valence-electron chi connectivity index (χ2n) is 9.41. The second kappa shape index (κ2) is 12.9. The van der Waals surface area contributed by atoms with Crippen molar-refractivity contribution in [1.29, 1.82) is 0 Å². The molecule has 1 aliphatic carbocycles. The summed E-state index contributed by atoms with van der Waals surface area (Å²) in [6.45, 7) is 0. The summed E-state index contributed by atoms with van der Waals surface area (Å²) in [5.74, 6) is 0.241. The maximum atomic E-state index is 13.6. The van der Waals surface area contributed by atoms with Crippen LogP contribution < -0.4 is 5.32 Å². The van der Waals surface area contributed by atoms with Crippen molar-refractivity contribution in [3.8, 4) is 0 Å². The quantitative estimate of drug-likeness (QED) is 0.235. The Morgan fingerprint density at radius 2 is 1.40 bits per heavy atom. The van der Waals surface area contributed by atoms with Gasteiger partial charge >= 0.3 is 5.97 Å². The molecule has 182 valence electrons. The molecule has 0 amide bonds. The van der Waals surface area contributed by atoms with Gasteiger partial charge in [0, 0.05) is 17.7 Å². The van der Waals surface area contributed by atoms with Gasteiger partial charge in [-0.3, -0.25) is 4.79 Å². The molecule has 0 saturated heterocycles. The number of hydrogen-bond acceptors (Lipinski definition) is 4. The number of Topliss-reactive ketones (excluding diaryl/α,β-unsaturated/α-hetero) is 1. The van der Waals surface area contributed by atoms with Gasteiger partial charge in [-0.25, -0.2) is 4.79 Å². The van der Waals surface area contributed by atoms with E-state index in [1.165, 1.54) is 19.3 Å². The van der Waals surface area contributed by atoms with Crippen LogP contribution in [0.4, 0.5) is 5.69 Å². The monoisotopic (exact) mass is 469 g/mol. The number of ether oxygens (including phenoxy) is 1. The molecule has 35 heavy (non-hydrogen) atoms. The van der Waals surface area contributed by atoms with Crippen molar-refractivity contribution in [2.24, 2.45) is 5.92 Å². The first kappa shape index (κ1) is 24.7. The molecule has 0 heterocycles. The van der Waals surface area contributed by atoms with Crippen molar-refractivity contribution in [2.45, 2.75) is 63.5 Å². The molecule has 0 spiro atoms. The fraction of sp³-hybridized carbons (Fsp3) is 0.355. The lowest BCUT2D eigenvalue weighted by Gasteiger charge is -2.31. The van der Waals surface area contributed by atoms with Crippen LogP contribution in [0, 0.1) is 5.92 Å². The highest BCUT2D eigenvalue weighted by Crippen LogP contribution is 2.32. The number of rotatable bonds is 11. The van der Waals surface area contributed by atoms with Gasteiger partial charge in [-0.05, 0) is 49.3 Å². The van der Waals surface area contributed by atoms with Crippen molar-refractivity contribution in [1.82, 2.24) is 0 Å². The lowest BCUT2D eigenvalue weighted by Crippen LogP contribution is -2.33. The van der Waals surface area contributed by atoms with E-state index in [4.69, 9.17) is 4.74 Å². The predicted octanol–water partition coefficient (Wildman–Crippen LogP) is 7.39. The number of esters is 1. The van der Waals surface area contributed by atoms with Gasteiger partial charge in [0.05, 0.1) is 0 Å². The summed E-state index contributed by atoms with van der Waals surface area (Å²) < 4.78 is 6.25. The first-order chi connectivity index (χ1) is 17.2. The smallest absolute Gasteiger partial charge is 0.333 e. The molecule has 1 aliphatic rings. The average Bonchev–Trinajstić information content (AvgIpc) is 2.93. The Morgan fingerprint density at radius 1 is 0.800 bits per heavy atom. The predicted molar refractivity (Wildman–Crippen MR) is 140 cm³/mol. The standard InChI is InChI=1S/C31H35NO3/c33-28(24-14-5-1-6-15-24)22-13-23-29(25-16-7-2-8-17-25)35-31(34)30(26-18-9-3-10-19-26)32-27-20-11-4-12-21-27/h1,3-6,9-12,14-15,18-21,25,29-30,32H,2,7-8,13,16-17,22-23H2/t29-,30+/m0/s1. The maximum absolute atomic E-state index is 13.6.